The molecule has 0 aliphatic carbocycles. The minimum Gasteiger partial charge on any atom is -0.384 e. The van der Waals surface area contributed by atoms with Crippen LogP contribution in [0.5, 0.6) is 0 Å². The van der Waals surface area contributed by atoms with E-state index in [1.807, 2.05) is 0 Å². The second-order valence-electron chi connectivity index (χ2n) is 4.09. The Morgan fingerprint density at radius 1 is 1.53 bits per heavy atom. The smallest absolute Gasteiger partial charge is 0.250 e. The molecule has 0 saturated heterocycles. The number of hydrogen-bond donors (Lipinski definition) is 3. The third kappa shape index (κ3) is 2.65. The third-order valence-electron chi connectivity index (χ3n) is 2.78. The van der Waals surface area contributed by atoms with Gasteiger partial charge in [0, 0.05) is 24.8 Å². The molecule has 5 N–H and O–H groups in total. The van der Waals surface area contributed by atoms with Crippen molar-refractivity contribution >= 4 is 17.4 Å². The van der Waals surface area contributed by atoms with Gasteiger partial charge in [0.05, 0.1) is 11.8 Å². The van der Waals surface area contributed by atoms with Crippen LogP contribution in [0.1, 0.15) is 15.9 Å². The highest BCUT2D eigenvalue weighted by Gasteiger charge is 2.10. The summed E-state index contributed by atoms with van der Waals surface area (Å²) in [5, 5.41) is 6.99. The van der Waals surface area contributed by atoms with Crippen LogP contribution in [0.2, 0.25) is 0 Å². The van der Waals surface area contributed by atoms with Gasteiger partial charge >= 0.3 is 0 Å². The number of halogens is 1. The molecule has 0 radical (unpaired) electrons. The van der Waals surface area contributed by atoms with Crippen LogP contribution in [0.3, 0.4) is 0 Å². The van der Waals surface area contributed by atoms with Crippen LogP contribution >= 0.6 is 0 Å². The summed E-state index contributed by atoms with van der Waals surface area (Å²) in [5.41, 5.74) is 12.3. The zero-order valence-corrected chi connectivity index (χ0v) is 10.4. The summed E-state index contributed by atoms with van der Waals surface area (Å²) in [6.45, 7) is 0.367. The molecule has 0 fully saturated rings. The van der Waals surface area contributed by atoms with Crippen LogP contribution in [0.15, 0.2) is 24.4 Å². The predicted octanol–water partition coefficient (Wildman–Crippen LogP) is 0.852. The maximum absolute atomic E-state index is 13.1. The number of benzene rings is 1. The van der Waals surface area contributed by atoms with Crippen molar-refractivity contribution in [3.63, 3.8) is 0 Å². The summed E-state index contributed by atoms with van der Waals surface area (Å²) in [6, 6.07) is 3.81. The van der Waals surface area contributed by atoms with Gasteiger partial charge in [0.15, 0.2) is 0 Å². The normalized spacial score (nSPS) is 10.4. The molecule has 0 unspecified atom stereocenters. The highest BCUT2D eigenvalue weighted by Crippen LogP contribution is 2.18. The van der Waals surface area contributed by atoms with Gasteiger partial charge in [-0.15, -0.1) is 0 Å². The van der Waals surface area contributed by atoms with Crippen molar-refractivity contribution in [2.45, 2.75) is 6.54 Å². The summed E-state index contributed by atoms with van der Waals surface area (Å²) in [7, 11) is 1.73. The van der Waals surface area contributed by atoms with Gasteiger partial charge in [-0.3, -0.25) is 9.48 Å². The first-order chi connectivity index (χ1) is 8.99. The molecule has 0 saturated carbocycles. The number of aromatic nitrogens is 2. The molecular weight excluding hydrogens is 249 g/mol. The Morgan fingerprint density at radius 2 is 2.26 bits per heavy atom. The number of nitrogens with two attached hydrogens (primary N) is 2. The predicted molar refractivity (Wildman–Crippen MR) is 69.9 cm³/mol. The van der Waals surface area contributed by atoms with Crippen LogP contribution in [0.4, 0.5) is 15.9 Å². The number of rotatable bonds is 4. The van der Waals surface area contributed by atoms with E-state index in [4.69, 9.17) is 11.5 Å². The maximum Gasteiger partial charge on any atom is 0.250 e. The van der Waals surface area contributed by atoms with Gasteiger partial charge in [-0.05, 0) is 18.2 Å². The highest BCUT2D eigenvalue weighted by molar-refractivity contribution is 5.98. The van der Waals surface area contributed by atoms with Crippen LogP contribution < -0.4 is 16.8 Å². The number of nitrogens with one attached hydrogen (secondary N) is 1. The zero-order chi connectivity index (χ0) is 14.0. The number of nitrogen functional groups attached to an aromatic ring is 1. The summed E-state index contributed by atoms with van der Waals surface area (Å²) in [6.07, 6.45) is 1.62. The molecule has 0 aliphatic rings. The average Bonchev–Trinajstić information content (AvgIpc) is 2.68. The molecular formula is C12H14FN5O. The molecule has 1 aromatic heterocycles. The quantitative estimate of drug-likeness (QED) is 0.761. The zero-order valence-electron chi connectivity index (χ0n) is 10.4. The monoisotopic (exact) mass is 263 g/mol. The fourth-order valence-electron chi connectivity index (χ4n) is 1.69. The van der Waals surface area contributed by atoms with E-state index in [1.54, 1.807) is 13.2 Å². The Balaban J connectivity index is 2.20. The first-order valence-corrected chi connectivity index (χ1v) is 5.58. The van der Waals surface area contributed by atoms with Gasteiger partial charge in [-0.2, -0.15) is 5.10 Å². The fraction of sp³-hybridized carbons (Fsp3) is 0.167. The molecule has 2 rings (SSSR count). The number of amides is 1. The second-order valence-corrected chi connectivity index (χ2v) is 4.09. The molecule has 7 heteroatoms. The minimum atomic E-state index is -0.693. The van der Waals surface area contributed by atoms with Crippen molar-refractivity contribution < 1.29 is 9.18 Å². The van der Waals surface area contributed by atoms with E-state index in [-0.39, 0.29) is 5.56 Å². The van der Waals surface area contributed by atoms with E-state index >= 15 is 0 Å². The van der Waals surface area contributed by atoms with E-state index in [9.17, 15) is 9.18 Å². The van der Waals surface area contributed by atoms with Crippen molar-refractivity contribution in [1.82, 2.24) is 9.78 Å². The Bertz CT molecular complexity index is 623. The molecule has 0 bridgehead atoms. The van der Waals surface area contributed by atoms with Crippen molar-refractivity contribution in [3.8, 4) is 0 Å². The van der Waals surface area contributed by atoms with Gasteiger partial charge in [-0.1, -0.05) is 0 Å². The lowest BCUT2D eigenvalue weighted by Gasteiger charge is -2.09. The number of anilines is 2. The summed E-state index contributed by atoms with van der Waals surface area (Å²) < 4.78 is 14.6. The lowest BCUT2D eigenvalue weighted by Crippen LogP contribution is -2.15. The van der Waals surface area contributed by atoms with E-state index in [1.165, 1.54) is 16.8 Å². The van der Waals surface area contributed by atoms with Crippen LogP contribution in [-0.2, 0) is 13.6 Å². The van der Waals surface area contributed by atoms with E-state index in [0.29, 0.717) is 18.1 Å². The molecule has 0 atom stereocenters. The third-order valence-corrected chi connectivity index (χ3v) is 2.78. The first-order valence-electron chi connectivity index (χ1n) is 5.58. The molecule has 100 valence electrons. The van der Waals surface area contributed by atoms with Crippen molar-refractivity contribution in [2.75, 3.05) is 11.1 Å². The van der Waals surface area contributed by atoms with Crippen molar-refractivity contribution in [1.29, 1.82) is 0 Å². The minimum absolute atomic E-state index is 0.0995. The number of primary amides is 1. The van der Waals surface area contributed by atoms with E-state index in [2.05, 4.69) is 10.4 Å². The Hall–Kier alpha value is -2.57. The number of nitrogens with zero attached hydrogens (tertiary/aromatic N) is 2. The van der Waals surface area contributed by atoms with E-state index in [0.717, 1.165) is 11.6 Å². The van der Waals surface area contributed by atoms with Gasteiger partial charge in [0.2, 0.25) is 0 Å². The largest absolute Gasteiger partial charge is 0.384 e. The molecule has 1 aromatic carbocycles. The number of aryl methyl sites for hydroxylation is 1. The molecule has 0 spiro atoms. The molecule has 0 aliphatic heterocycles. The number of carbonyl (C=O) groups excluding carboxylic acids is 1. The molecule has 2 aromatic rings. The second kappa shape index (κ2) is 4.97. The van der Waals surface area contributed by atoms with Gasteiger partial charge < -0.3 is 16.8 Å². The topological polar surface area (TPSA) is 99.0 Å². The lowest BCUT2D eigenvalue weighted by molar-refractivity contribution is 0.100. The molecule has 1 heterocycles. The Morgan fingerprint density at radius 3 is 2.84 bits per heavy atom. The number of carbonyl (C=O) groups is 1. The van der Waals surface area contributed by atoms with Gasteiger partial charge in [0.1, 0.15) is 11.6 Å². The van der Waals surface area contributed by atoms with Crippen molar-refractivity contribution in [3.05, 3.63) is 41.3 Å². The fourth-order valence-corrected chi connectivity index (χ4v) is 1.69. The van der Waals surface area contributed by atoms with Gasteiger partial charge in [0.25, 0.3) is 5.91 Å². The van der Waals surface area contributed by atoms with Crippen LogP contribution in [0, 0.1) is 5.82 Å². The number of hydrogen-bond acceptors (Lipinski definition) is 4. The van der Waals surface area contributed by atoms with Gasteiger partial charge in [-0.25, -0.2) is 4.39 Å². The highest BCUT2D eigenvalue weighted by atomic mass is 19.1. The maximum atomic E-state index is 13.1. The summed E-state index contributed by atoms with van der Waals surface area (Å²) in [5.74, 6) is -0.684. The molecule has 19 heavy (non-hydrogen) atoms. The standard InChI is InChI=1S/C12H14FN5O/c1-18-11(14)7(6-17-18)5-16-10-3-2-8(13)4-9(10)12(15)19/h2-4,6,16H,5,14H2,1H3,(H2,15,19). The van der Waals surface area contributed by atoms with Crippen LogP contribution in [-0.4, -0.2) is 15.7 Å². The van der Waals surface area contributed by atoms with Crippen LogP contribution in [0.25, 0.3) is 0 Å². The Kier molecular flexibility index (Phi) is 3.37. The van der Waals surface area contributed by atoms with E-state index < -0.39 is 11.7 Å². The SMILES string of the molecule is Cn1ncc(CNc2ccc(F)cc2C(N)=O)c1N. The average molecular weight is 263 g/mol. The first kappa shape index (κ1) is 12.9. The Labute approximate surface area is 109 Å². The molecule has 6 nitrogen and oxygen atoms in total. The lowest BCUT2D eigenvalue weighted by atomic mass is 10.1. The molecule has 1 amide bonds. The summed E-state index contributed by atoms with van der Waals surface area (Å²) >= 11 is 0. The van der Waals surface area contributed by atoms with Crippen molar-refractivity contribution in [2.24, 2.45) is 12.8 Å². The summed E-state index contributed by atoms with van der Waals surface area (Å²) in [4.78, 5) is 11.2.